The van der Waals surface area contributed by atoms with E-state index >= 15 is 0 Å². The minimum absolute atomic E-state index is 0.0738. The Morgan fingerprint density at radius 3 is 2.50 bits per heavy atom. The molecule has 6 heteroatoms. The molecule has 1 aromatic rings. The Labute approximate surface area is 121 Å². The maximum absolute atomic E-state index is 13.2. The van der Waals surface area contributed by atoms with Gasteiger partial charge in [-0.1, -0.05) is 6.07 Å². The summed E-state index contributed by atoms with van der Waals surface area (Å²) in [6.45, 7) is 1.19. The molecule has 1 aliphatic heterocycles. The molecule has 20 heavy (non-hydrogen) atoms. The Morgan fingerprint density at radius 1 is 1.30 bits per heavy atom. The SMILES string of the molecule is CN(c1ccc(CCl)cc1C(F)(F)F)C1CCOCC1. The van der Waals surface area contributed by atoms with Gasteiger partial charge in [-0.3, -0.25) is 0 Å². The minimum Gasteiger partial charge on any atom is -0.381 e. The largest absolute Gasteiger partial charge is 0.418 e. The van der Waals surface area contributed by atoms with Crippen molar-refractivity contribution >= 4 is 17.3 Å². The summed E-state index contributed by atoms with van der Waals surface area (Å²) < 4.78 is 44.8. The standard InChI is InChI=1S/C14H17ClF3NO/c1-19(11-4-6-20-7-5-11)13-3-2-10(9-15)8-12(13)14(16,17)18/h2-3,8,11H,4-7,9H2,1H3. The van der Waals surface area contributed by atoms with Crippen molar-refractivity contribution in [3.63, 3.8) is 0 Å². The summed E-state index contributed by atoms with van der Waals surface area (Å²) in [5.41, 5.74) is 0.0611. The maximum Gasteiger partial charge on any atom is 0.418 e. The molecule has 1 saturated heterocycles. The van der Waals surface area contributed by atoms with Crippen LogP contribution in [0.4, 0.5) is 18.9 Å². The molecule has 0 radical (unpaired) electrons. The lowest BCUT2D eigenvalue weighted by molar-refractivity contribution is -0.137. The minimum atomic E-state index is -4.38. The molecule has 1 aromatic carbocycles. The van der Waals surface area contributed by atoms with Gasteiger partial charge < -0.3 is 9.64 Å². The number of hydrogen-bond donors (Lipinski definition) is 0. The lowest BCUT2D eigenvalue weighted by atomic mass is 10.0. The van der Waals surface area contributed by atoms with Gasteiger partial charge in [-0.25, -0.2) is 0 Å². The molecule has 2 nitrogen and oxygen atoms in total. The van der Waals surface area contributed by atoms with Crippen molar-refractivity contribution < 1.29 is 17.9 Å². The smallest absolute Gasteiger partial charge is 0.381 e. The average molecular weight is 308 g/mol. The first-order chi connectivity index (χ1) is 9.43. The number of nitrogens with zero attached hydrogens (tertiary/aromatic N) is 1. The van der Waals surface area contributed by atoms with Crippen molar-refractivity contribution in [2.75, 3.05) is 25.2 Å². The molecule has 0 saturated carbocycles. The van der Waals surface area contributed by atoms with Gasteiger partial charge in [-0.05, 0) is 30.5 Å². The number of anilines is 1. The van der Waals surface area contributed by atoms with Crippen LogP contribution in [0, 0.1) is 0 Å². The third kappa shape index (κ3) is 3.38. The van der Waals surface area contributed by atoms with Crippen LogP contribution in [0.5, 0.6) is 0 Å². The van der Waals surface area contributed by atoms with Crippen LogP contribution < -0.4 is 4.90 Å². The molecular weight excluding hydrogens is 291 g/mol. The molecule has 0 bridgehead atoms. The van der Waals surface area contributed by atoms with Gasteiger partial charge in [0, 0.05) is 37.9 Å². The van der Waals surface area contributed by atoms with Gasteiger partial charge in [0.05, 0.1) is 5.56 Å². The quantitative estimate of drug-likeness (QED) is 0.781. The highest BCUT2D eigenvalue weighted by atomic mass is 35.5. The summed E-state index contributed by atoms with van der Waals surface area (Å²) in [7, 11) is 1.71. The second-order valence-corrected chi connectivity index (χ2v) is 5.20. The number of hydrogen-bond acceptors (Lipinski definition) is 2. The third-order valence-electron chi connectivity index (χ3n) is 3.64. The van der Waals surface area contributed by atoms with E-state index in [-0.39, 0.29) is 17.6 Å². The topological polar surface area (TPSA) is 12.5 Å². The van der Waals surface area contributed by atoms with Crippen molar-refractivity contribution in [2.45, 2.75) is 30.9 Å². The zero-order valence-corrected chi connectivity index (χ0v) is 12.0. The first-order valence-electron chi connectivity index (χ1n) is 6.50. The molecule has 0 aromatic heterocycles. The molecule has 0 amide bonds. The zero-order valence-electron chi connectivity index (χ0n) is 11.2. The van der Waals surface area contributed by atoms with Gasteiger partial charge in [0.2, 0.25) is 0 Å². The highest BCUT2D eigenvalue weighted by molar-refractivity contribution is 6.17. The number of alkyl halides is 4. The van der Waals surface area contributed by atoms with Crippen molar-refractivity contribution in [1.29, 1.82) is 0 Å². The zero-order chi connectivity index (χ0) is 14.8. The number of halogens is 4. The van der Waals surface area contributed by atoms with Gasteiger partial charge in [0.15, 0.2) is 0 Å². The Hall–Kier alpha value is -0.940. The van der Waals surface area contributed by atoms with E-state index in [0.29, 0.717) is 18.8 Å². The van der Waals surface area contributed by atoms with E-state index in [2.05, 4.69) is 0 Å². The maximum atomic E-state index is 13.2. The lowest BCUT2D eigenvalue weighted by Crippen LogP contribution is -2.37. The summed E-state index contributed by atoms with van der Waals surface area (Å²) in [5, 5.41) is 0. The summed E-state index contributed by atoms with van der Waals surface area (Å²) >= 11 is 5.63. The van der Waals surface area contributed by atoms with Gasteiger partial charge in [0.1, 0.15) is 0 Å². The van der Waals surface area contributed by atoms with Gasteiger partial charge >= 0.3 is 6.18 Å². The fourth-order valence-corrected chi connectivity index (χ4v) is 2.64. The molecule has 1 heterocycles. The van der Waals surface area contributed by atoms with E-state index in [1.54, 1.807) is 18.0 Å². The van der Waals surface area contributed by atoms with Crippen LogP contribution in [0.3, 0.4) is 0 Å². The molecule has 112 valence electrons. The van der Waals surface area contributed by atoms with Crippen LogP contribution in [0.15, 0.2) is 18.2 Å². The lowest BCUT2D eigenvalue weighted by Gasteiger charge is -2.34. The first kappa shape index (κ1) is 15.4. The van der Waals surface area contributed by atoms with Crippen LogP contribution in [0.25, 0.3) is 0 Å². The Bertz CT molecular complexity index is 458. The molecule has 0 atom stereocenters. The van der Waals surface area contributed by atoms with Gasteiger partial charge in [-0.15, -0.1) is 11.6 Å². The van der Waals surface area contributed by atoms with E-state index in [9.17, 15) is 13.2 Å². The van der Waals surface area contributed by atoms with E-state index in [1.807, 2.05) is 0 Å². The van der Waals surface area contributed by atoms with Gasteiger partial charge in [-0.2, -0.15) is 13.2 Å². The predicted octanol–water partition coefficient (Wildman–Crippen LogP) is 4.06. The second kappa shape index (κ2) is 6.22. The van der Waals surface area contributed by atoms with E-state index < -0.39 is 11.7 Å². The molecule has 0 unspecified atom stereocenters. The van der Waals surface area contributed by atoms with Crippen molar-refractivity contribution in [3.05, 3.63) is 29.3 Å². The molecule has 0 spiro atoms. The van der Waals surface area contributed by atoms with E-state index in [1.165, 1.54) is 6.07 Å². The normalized spacial score (nSPS) is 17.2. The number of ether oxygens (including phenoxy) is 1. The monoisotopic (exact) mass is 307 g/mol. The summed E-state index contributed by atoms with van der Waals surface area (Å²) in [6.07, 6.45) is -2.90. The van der Waals surface area contributed by atoms with Crippen LogP contribution in [-0.4, -0.2) is 26.3 Å². The molecular formula is C14H17ClF3NO. The first-order valence-corrected chi connectivity index (χ1v) is 7.03. The van der Waals surface area contributed by atoms with Crippen molar-refractivity contribution in [3.8, 4) is 0 Å². The molecule has 1 fully saturated rings. The Morgan fingerprint density at radius 2 is 1.95 bits per heavy atom. The van der Waals surface area contributed by atoms with Crippen LogP contribution in [0.1, 0.15) is 24.0 Å². The third-order valence-corrected chi connectivity index (χ3v) is 3.95. The molecule has 1 aliphatic rings. The molecule has 0 N–H and O–H groups in total. The highest BCUT2D eigenvalue weighted by Gasteiger charge is 2.35. The van der Waals surface area contributed by atoms with E-state index in [4.69, 9.17) is 16.3 Å². The predicted molar refractivity (Wildman–Crippen MR) is 73.2 cm³/mol. The van der Waals surface area contributed by atoms with Gasteiger partial charge in [0.25, 0.3) is 0 Å². The van der Waals surface area contributed by atoms with Crippen LogP contribution >= 0.6 is 11.6 Å². The summed E-state index contributed by atoms with van der Waals surface area (Å²) in [4.78, 5) is 1.71. The average Bonchev–Trinajstić information content (AvgIpc) is 2.46. The van der Waals surface area contributed by atoms with Crippen molar-refractivity contribution in [2.24, 2.45) is 0 Å². The molecule has 0 aliphatic carbocycles. The second-order valence-electron chi connectivity index (χ2n) is 4.94. The fraction of sp³-hybridized carbons (Fsp3) is 0.571. The highest BCUT2D eigenvalue weighted by Crippen LogP contribution is 2.38. The van der Waals surface area contributed by atoms with E-state index in [0.717, 1.165) is 18.9 Å². The fourth-order valence-electron chi connectivity index (χ4n) is 2.47. The summed E-state index contributed by atoms with van der Waals surface area (Å²) in [6, 6.07) is 4.37. The summed E-state index contributed by atoms with van der Waals surface area (Å²) in [5.74, 6) is 0.0738. The molecule has 2 rings (SSSR count). The Balaban J connectivity index is 2.34. The number of rotatable bonds is 3. The van der Waals surface area contributed by atoms with Crippen LogP contribution in [-0.2, 0) is 16.8 Å². The van der Waals surface area contributed by atoms with Crippen molar-refractivity contribution in [1.82, 2.24) is 0 Å². The number of benzene rings is 1. The Kier molecular flexibility index (Phi) is 4.81. The van der Waals surface area contributed by atoms with Crippen LogP contribution in [0.2, 0.25) is 0 Å².